The number of aromatic nitrogens is 3. The van der Waals surface area contributed by atoms with Crippen molar-refractivity contribution in [2.24, 2.45) is 0 Å². The molecular weight excluding hydrogens is 216 g/mol. The highest BCUT2D eigenvalue weighted by atomic mass is 35.5. The molecule has 5 nitrogen and oxygen atoms in total. The van der Waals surface area contributed by atoms with Crippen LogP contribution in [0.3, 0.4) is 0 Å². The van der Waals surface area contributed by atoms with Crippen LogP contribution in [0.15, 0.2) is 0 Å². The zero-order valence-corrected chi connectivity index (χ0v) is 10.3. The minimum atomic E-state index is -0.353. The number of anilines is 1. The molecule has 0 aromatic carbocycles. The fraction of sp³-hybridized carbons (Fsp3) is 0.667. The summed E-state index contributed by atoms with van der Waals surface area (Å²) in [5, 5.41) is 0.132. The van der Waals surface area contributed by atoms with E-state index in [0.717, 1.165) is 0 Å². The van der Waals surface area contributed by atoms with Crippen LogP contribution in [0, 0.1) is 0 Å². The molecule has 0 unspecified atom stereocenters. The van der Waals surface area contributed by atoms with Gasteiger partial charge in [0.1, 0.15) is 5.60 Å². The molecule has 0 aliphatic carbocycles. The van der Waals surface area contributed by atoms with Crippen molar-refractivity contribution >= 4 is 17.5 Å². The van der Waals surface area contributed by atoms with E-state index in [1.165, 1.54) is 0 Å². The monoisotopic (exact) mass is 230 g/mol. The Balaban J connectivity index is 2.99. The van der Waals surface area contributed by atoms with Gasteiger partial charge in [0.05, 0.1) is 0 Å². The fourth-order valence-electron chi connectivity index (χ4n) is 0.841. The minimum absolute atomic E-state index is 0.132. The Morgan fingerprint density at radius 3 is 2.20 bits per heavy atom. The first-order valence-corrected chi connectivity index (χ1v) is 4.93. The first-order valence-electron chi connectivity index (χ1n) is 4.56. The standard InChI is InChI=1S/C9H15ClN4O/c1-9(2,3)15-8-12-6(10)11-7(13-8)14(4)5/h1-5H3. The van der Waals surface area contributed by atoms with Crippen molar-refractivity contribution in [1.29, 1.82) is 0 Å². The number of ether oxygens (including phenoxy) is 1. The lowest BCUT2D eigenvalue weighted by molar-refractivity contribution is 0.116. The van der Waals surface area contributed by atoms with Gasteiger partial charge in [-0.1, -0.05) is 0 Å². The van der Waals surface area contributed by atoms with Gasteiger partial charge in [0.15, 0.2) is 0 Å². The van der Waals surface area contributed by atoms with Gasteiger partial charge in [-0.3, -0.25) is 0 Å². The molecule has 0 aliphatic rings. The summed E-state index contributed by atoms with van der Waals surface area (Å²) >= 11 is 5.75. The maximum atomic E-state index is 5.75. The molecule has 0 atom stereocenters. The van der Waals surface area contributed by atoms with Crippen LogP contribution in [0.2, 0.25) is 5.28 Å². The lowest BCUT2D eigenvalue weighted by atomic mass is 10.2. The summed E-state index contributed by atoms with van der Waals surface area (Å²) in [6.07, 6.45) is 0. The van der Waals surface area contributed by atoms with Crippen LogP contribution in [-0.4, -0.2) is 34.6 Å². The molecule has 1 rings (SSSR count). The molecule has 0 aliphatic heterocycles. The van der Waals surface area contributed by atoms with Crippen LogP contribution in [0.25, 0.3) is 0 Å². The molecule has 0 N–H and O–H groups in total. The molecule has 0 radical (unpaired) electrons. The van der Waals surface area contributed by atoms with Crippen LogP contribution in [0.5, 0.6) is 6.01 Å². The van der Waals surface area contributed by atoms with Crippen molar-refractivity contribution in [2.75, 3.05) is 19.0 Å². The second-order valence-electron chi connectivity index (χ2n) is 4.30. The third-order valence-corrected chi connectivity index (χ3v) is 1.54. The molecule has 0 fully saturated rings. The van der Waals surface area contributed by atoms with Gasteiger partial charge in [-0.25, -0.2) is 0 Å². The molecule has 1 aromatic rings. The van der Waals surface area contributed by atoms with Gasteiger partial charge < -0.3 is 9.64 Å². The van der Waals surface area contributed by atoms with Gasteiger partial charge >= 0.3 is 6.01 Å². The maximum absolute atomic E-state index is 5.75. The maximum Gasteiger partial charge on any atom is 0.323 e. The van der Waals surface area contributed by atoms with Crippen molar-refractivity contribution < 1.29 is 4.74 Å². The molecule has 6 heteroatoms. The molecule has 0 bridgehead atoms. The van der Waals surface area contributed by atoms with Crippen molar-refractivity contribution in [3.8, 4) is 6.01 Å². The predicted octanol–water partition coefficient (Wildman–Crippen LogP) is 1.77. The number of hydrogen-bond donors (Lipinski definition) is 0. The Bertz CT molecular complexity index is 348. The Morgan fingerprint density at radius 2 is 1.73 bits per heavy atom. The average Bonchev–Trinajstić information content (AvgIpc) is 1.99. The summed E-state index contributed by atoms with van der Waals surface area (Å²) in [5.74, 6) is 0.481. The average molecular weight is 231 g/mol. The summed E-state index contributed by atoms with van der Waals surface area (Å²) in [7, 11) is 3.65. The van der Waals surface area contributed by atoms with Gasteiger partial charge in [-0.15, -0.1) is 0 Å². The van der Waals surface area contributed by atoms with E-state index in [0.29, 0.717) is 5.95 Å². The second kappa shape index (κ2) is 4.18. The number of nitrogens with zero attached hydrogens (tertiary/aromatic N) is 4. The topological polar surface area (TPSA) is 51.1 Å². The normalized spacial score (nSPS) is 11.3. The van der Waals surface area contributed by atoms with E-state index in [1.807, 2.05) is 34.9 Å². The molecule has 0 spiro atoms. The molecule has 0 amide bonds. The second-order valence-corrected chi connectivity index (χ2v) is 4.63. The Labute approximate surface area is 94.5 Å². The first kappa shape index (κ1) is 12.0. The summed E-state index contributed by atoms with van der Waals surface area (Å²) in [6.45, 7) is 5.75. The van der Waals surface area contributed by atoms with E-state index in [2.05, 4.69) is 15.0 Å². The largest absolute Gasteiger partial charge is 0.458 e. The quantitative estimate of drug-likeness (QED) is 0.775. The number of hydrogen-bond acceptors (Lipinski definition) is 5. The van der Waals surface area contributed by atoms with Gasteiger partial charge in [0.25, 0.3) is 0 Å². The van der Waals surface area contributed by atoms with Crippen molar-refractivity contribution in [2.45, 2.75) is 26.4 Å². The van der Waals surface area contributed by atoms with Crippen LogP contribution in [0.4, 0.5) is 5.95 Å². The van der Waals surface area contributed by atoms with Crippen LogP contribution >= 0.6 is 11.6 Å². The van der Waals surface area contributed by atoms with Crippen LogP contribution in [0.1, 0.15) is 20.8 Å². The lowest BCUT2D eigenvalue weighted by Gasteiger charge is -2.20. The van der Waals surface area contributed by atoms with Crippen molar-refractivity contribution in [3.05, 3.63) is 5.28 Å². The molecular formula is C9H15ClN4O. The third-order valence-electron chi connectivity index (χ3n) is 1.37. The summed E-state index contributed by atoms with van der Waals surface area (Å²) in [4.78, 5) is 13.7. The smallest absolute Gasteiger partial charge is 0.323 e. The minimum Gasteiger partial charge on any atom is -0.458 e. The predicted molar refractivity (Wildman–Crippen MR) is 59.5 cm³/mol. The highest BCUT2D eigenvalue weighted by Gasteiger charge is 2.16. The Morgan fingerprint density at radius 1 is 1.13 bits per heavy atom. The molecule has 0 saturated heterocycles. The first-order chi connectivity index (χ1) is 6.78. The molecule has 1 aromatic heterocycles. The molecule has 15 heavy (non-hydrogen) atoms. The van der Waals surface area contributed by atoms with E-state index >= 15 is 0 Å². The van der Waals surface area contributed by atoms with Gasteiger partial charge in [0.2, 0.25) is 11.2 Å². The van der Waals surface area contributed by atoms with E-state index < -0.39 is 0 Å². The van der Waals surface area contributed by atoms with Gasteiger partial charge in [-0.2, -0.15) is 15.0 Å². The highest BCUT2D eigenvalue weighted by molar-refractivity contribution is 6.28. The van der Waals surface area contributed by atoms with Crippen LogP contribution in [-0.2, 0) is 0 Å². The van der Waals surface area contributed by atoms with Gasteiger partial charge in [-0.05, 0) is 32.4 Å². The molecule has 0 saturated carbocycles. The van der Waals surface area contributed by atoms with E-state index in [-0.39, 0.29) is 16.9 Å². The zero-order valence-electron chi connectivity index (χ0n) is 9.58. The van der Waals surface area contributed by atoms with Gasteiger partial charge in [0, 0.05) is 14.1 Å². The molecule has 1 heterocycles. The van der Waals surface area contributed by atoms with E-state index in [1.54, 1.807) is 4.90 Å². The lowest BCUT2D eigenvalue weighted by Crippen LogP contribution is -2.25. The van der Waals surface area contributed by atoms with Crippen molar-refractivity contribution in [3.63, 3.8) is 0 Å². The SMILES string of the molecule is CN(C)c1nc(Cl)nc(OC(C)(C)C)n1. The zero-order chi connectivity index (χ0) is 11.6. The third kappa shape index (κ3) is 3.87. The molecule has 84 valence electrons. The number of rotatable bonds is 2. The highest BCUT2D eigenvalue weighted by Crippen LogP contribution is 2.17. The van der Waals surface area contributed by atoms with E-state index in [9.17, 15) is 0 Å². The summed E-state index contributed by atoms with van der Waals surface area (Å²) in [6, 6.07) is 0.242. The van der Waals surface area contributed by atoms with E-state index in [4.69, 9.17) is 16.3 Å². The van der Waals surface area contributed by atoms with Crippen molar-refractivity contribution in [1.82, 2.24) is 15.0 Å². The summed E-state index contributed by atoms with van der Waals surface area (Å²) < 4.78 is 5.50. The fourth-order valence-corrected chi connectivity index (χ4v) is 0.989. The Hall–Kier alpha value is -1.10. The van der Waals surface area contributed by atoms with Crippen LogP contribution < -0.4 is 9.64 Å². The number of halogens is 1. The Kier molecular flexibility index (Phi) is 3.34. The summed E-state index contributed by atoms with van der Waals surface area (Å²) in [5.41, 5.74) is -0.353.